The summed E-state index contributed by atoms with van der Waals surface area (Å²) in [7, 11) is -3.18. The van der Waals surface area contributed by atoms with Crippen LogP contribution in [0.25, 0.3) is 0 Å². The van der Waals surface area contributed by atoms with Crippen LogP contribution in [0, 0.1) is 0 Å². The zero-order valence-electron chi connectivity index (χ0n) is 14.2. The smallest absolute Gasteiger partial charge is 0.222 e. The Kier molecular flexibility index (Phi) is 8.09. The van der Waals surface area contributed by atoms with Gasteiger partial charge >= 0.3 is 0 Å². The molecule has 0 aliphatic rings. The predicted octanol–water partition coefficient (Wildman–Crippen LogP) is 2.90. The molecule has 1 aromatic rings. The van der Waals surface area contributed by atoms with E-state index in [1.54, 1.807) is 12.1 Å². The molecule has 0 spiro atoms. The minimum Gasteiger partial charge on any atom is -0.494 e. The summed E-state index contributed by atoms with van der Waals surface area (Å²) < 4.78 is 28.3. The summed E-state index contributed by atoms with van der Waals surface area (Å²) in [4.78, 5) is 14.3. The summed E-state index contributed by atoms with van der Waals surface area (Å²) in [6.45, 7) is 6.19. The maximum atomic E-state index is 12.1. The van der Waals surface area contributed by atoms with Crippen molar-refractivity contribution in [3.8, 4) is 5.75 Å². The highest BCUT2D eigenvalue weighted by molar-refractivity contribution is 7.90. The summed E-state index contributed by atoms with van der Waals surface area (Å²) >= 11 is 0. The van der Waals surface area contributed by atoms with Gasteiger partial charge in [-0.2, -0.15) is 0 Å². The van der Waals surface area contributed by atoms with Gasteiger partial charge in [-0.1, -0.05) is 13.8 Å². The molecule has 0 saturated carbocycles. The van der Waals surface area contributed by atoms with Crippen LogP contribution in [0.4, 0.5) is 0 Å². The molecule has 0 atom stereocenters. The molecule has 1 rings (SSSR count). The van der Waals surface area contributed by atoms with E-state index in [2.05, 4.69) is 13.8 Å². The zero-order valence-corrected chi connectivity index (χ0v) is 15.1. The van der Waals surface area contributed by atoms with Gasteiger partial charge in [-0.15, -0.1) is 0 Å². The minimum absolute atomic E-state index is 0.171. The van der Waals surface area contributed by atoms with Crippen molar-refractivity contribution in [3.05, 3.63) is 24.3 Å². The highest BCUT2D eigenvalue weighted by atomic mass is 32.2. The van der Waals surface area contributed by atoms with Crippen LogP contribution in [0.1, 0.15) is 39.5 Å². The van der Waals surface area contributed by atoms with Gasteiger partial charge in [0.15, 0.2) is 9.84 Å². The highest BCUT2D eigenvalue weighted by Crippen LogP contribution is 2.16. The number of ether oxygens (including phenoxy) is 1. The molecule has 0 heterocycles. The van der Waals surface area contributed by atoms with Crippen molar-refractivity contribution in [3.63, 3.8) is 0 Å². The predicted molar refractivity (Wildman–Crippen MR) is 91.4 cm³/mol. The van der Waals surface area contributed by atoms with E-state index in [4.69, 9.17) is 4.74 Å². The van der Waals surface area contributed by atoms with Crippen molar-refractivity contribution in [2.45, 2.75) is 44.4 Å². The van der Waals surface area contributed by atoms with E-state index < -0.39 is 9.84 Å². The molecule has 5 nitrogen and oxygen atoms in total. The van der Waals surface area contributed by atoms with Crippen LogP contribution in [0.2, 0.25) is 0 Å². The molecule has 0 N–H and O–H groups in total. The number of rotatable bonds is 10. The lowest BCUT2D eigenvalue weighted by atomic mass is 10.2. The van der Waals surface area contributed by atoms with Crippen molar-refractivity contribution in [2.24, 2.45) is 0 Å². The van der Waals surface area contributed by atoms with Gasteiger partial charge < -0.3 is 9.64 Å². The van der Waals surface area contributed by atoms with E-state index in [0.717, 1.165) is 25.9 Å². The van der Waals surface area contributed by atoms with E-state index in [1.165, 1.54) is 18.4 Å². The molecule has 0 aliphatic heterocycles. The van der Waals surface area contributed by atoms with Crippen molar-refractivity contribution < 1.29 is 17.9 Å². The Bertz CT molecular complexity index is 575. The van der Waals surface area contributed by atoms with Gasteiger partial charge in [0.2, 0.25) is 5.91 Å². The van der Waals surface area contributed by atoms with E-state index >= 15 is 0 Å². The van der Waals surface area contributed by atoms with Crippen molar-refractivity contribution in [1.29, 1.82) is 0 Å². The Hall–Kier alpha value is -1.56. The number of sulfone groups is 1. The lowest BCUT2D eigenvalue weighted by Crippen LogP contribution is -2.32. The number of nitrogens with zero attached hydrogens (tertiary/aromatic N) is 1. The molecule has 130 valence electrons. The van der Waals surface area contributed by atoms with E-state index in [9.17, 15) is 13.2 Å². The summed E-state index contributed by atoms with van der Waals surface area (Å²) in [5, 5.41) is 0. The first-order valence-electron chi connectivity index (χ1n) is 8.09. The van der Waals surface area contributed by atoms with Crippen molar-refractivity contribution >= 4 is 15.7 Å². The molecule has 0 unspecified atom stereocenters. The molecular weight excluding hydrogens is 314 g/mol. The van der Waals surface area contributed by atoms with Crippen LogP contribution in [-0.4, -0.2) is 45.2 Å². The van der Waals surface area contributed by atoms with Crippen LogP contribution < -0.4 is 4.74 Å². The fraction of sp³-hybridized carbons (Fsp3) is 0.588. The summed E-state index contributed by atoms with van der Waals surface area (Å²) in [5.41, 5.74) is 0. The molecule has 1 amide bonds. The summed E-state index contributed by atoms with van der Waals surface area (Å²) in [6, 6.07) is 6.33. The zero-order chi connectivity index (χ0) is 17.3. The largest absolute Gasteiger partial charge is 0.494 e. The molecule has 0 radical (unpaired) electrons. The second-order valence-electron chi connectivity index (χ2n) is 5.58. The second kappa shape index (κ2) is 9.55. The quantitative estimate of drug-likeness (QED) is 0.614. The third-order valence-corrected chi connectivity index (χ3v) is 4.52. The van der Waals surface area contributed by atoms with Gasteiger partial charge in [-0.3, -0.25) is 4.79 Å². The second-order valence-corrected chi connectivity index (χ2v) is 7.59. The van der Waals surface area contributed by atoms with Crippen LogP contribution in [0.3, 0.4) is 0 Å². The van der Waals surface area contributed by atoms with Crippen LogP contribution >= 0.6 is 0 Å². The van der Waals surface area contributed by atoms with Crippen molar-refractivity contribution in [1.82, 2.24) is 4.90 Å². The highest BCUT2D eigenvalue weighted by Gasteiger charge is 2.11. The van der Waals surface area contributed by atoms with Crippen LogP contribution in [0.5, 0.6) is 5.75 Å². The first kappa shape index (κ1) is 19.5. The maximum absolute atomic E-state index is 12.1. The van der Waals surface area contributed by atoms with Gasteiger partial charge in [0, 0.05) is 25.8 Å². The molecule has 0 aromatic heterocycles. The summed E-state index contributed by atoms with van der Waals surface area (Å²) in [5.74, 6) is 0.786. The summed E-state index contributed by atoms with van der Waals surface area (Å²) in [6.07, 6.45) is 4.23. The van der Waals surface area contributed by atoms with E-state index in [0.29, 0.717) is 25.2 Å². The van der Waals surface area contributed by atoms with Gasteiger partial charge in [0.25, 0.3) is 0 Å². The number of carbonyl (C=O) groups is 1. The molecule has 0 aliphatic carbocycles. The number of carbonyl (C=O) groups excluding carboxylic acids is 1. The Labute approximate surface area is 139 Å². The normalized spacial score (nSPS) is 11.3. The minimum atomic E-state index is -3.18. The van der Waals surface area contributed by atoms with Gasteiger partial charge in [0.1, 0.15) is 5.75 Å². The molecular formula is C17H27NO4S. The maximum Gasteiger partial charge on any atom is 0.222 e. The Balaban J connectivity index is 2.38. The number of benzene rings is 1. The topological polar surface area (TPSA) is 63.7 Å². The fourth-order valence-corrected chi connectivity index (χ4v) is 2.89. The molecule has 6 heteroatoms. The fourth-order valence-electron chi connectivity index (χ4n) is 2.26. The first-order chi connectivity index (χ1) is 10.9. The molecule has 23 heavy (non-hydrogen) atoms. The number of amides is 1. The SMILES string of the molecule is CCCN(CCC)C(=O)CCCOc1ccc(S(C)(=O)=O)cc1. The van der Waals surface area contributed by atoms with Gasteiger partial charge in [-0.25, -0.2) is 8.42 Å². The first-order valence-corrected chi connectivity index (χ1v) is 9.98. The number of hydrogen-bond donors (Lipinski definition) is 0. The lowest BCUT2D eigenvalue weighted by molar-refractivity contribution is -0.131. The van der Waals surface area contributed by atoms with Crippen LogP contribution in [-0.2, 0) is 14.6 Å². The Morgan fingerprint density at radius 1 is 1.09 bits per heavy atom. The average Bonchev–Trinajstić information content (AvgIpc) is 2.50. The standard InChI is InChI=1S/C17H27NO4S/c1-4-12-18(13-5-2)17(19)7-6-14-22-15-8-10-16(11-9-15)23(3,20)21/h8-11H,4-7,12-14H2,1-3H3. The molecule has 1 aromatic carbocycles. The third-order valence-electron chi connectivity index (χ3n) is 3.40. The molecule has 0 bridgehead atoms. The van der Waals surface area contributed by atoms with Gasteiger partial charge in [-0.05, 0) is 43.5 Å². The van der Waals surface area contributed by atoms with Gasteiger partial charge in [0.05, 0.1) is 11.5 Å². The lowest BCUT2D eigenvalue weighted by Gasteiger charge is -2.21. The molecule has 0 fully saturated rings. The monoisotopic (exact) mass is 341 g/mol. The third kappa shape index (κ3) is 7.03. The van der Waals surface area contributed by atoms with Crippen molar-refractivity contribution in [2.75, 3.05) is 26.0 Å². The van der Waals surface area contributed by atoms with E-state index in [1.807, 2.05) is 4.90 Å². The van der Waals surface area contributed by atoms with E-state index in [-0.39, 0.29) is 10.8 Å². The van der Waals surface area contributed by atoms with Crippen LogP contribution in [0.15, 0.2) is 29.2 Å². The average molecular weight is 341 g/mol. The Morgan fingerprint density at radius 3 is 2.13 bits per heavy atom. The Morgan fingerprint density at radius 2 is 1.65 bits per heavy atom. The molecule has 0 saturated heterocycles. The number of hydrogen-bond acceptors (Lipinski definition) is 4.